The van der Waals surface area contributed by atoms with Crippen molar-refractivity contribution in [1.82, 2.24) is 4.98 Å². The van der Waals surface area contributed by atoms with Crippen LogP contribution < -0.4 is 5.32 Å². The molecule has 0 spiro atoms. The molecule has 106 valence electrons. The zero-order chi connectivity index (χ0) is 14.8. The van der Waals surface area contributed by atoms with Gasteiger partial charge < -0.3 is 5.32 Å². The fraction of sp³-hybridized carbons (Fsp3) is 0.182. The zero-order valence-electron chi connectivity index (χ0n) is 10.4. The lowest BCUT2D eigenvalue weighted by Gasteiger charge is -2.07. The van der Waals surface area contributed by atoms with Crippen molar-refractivity contribution in [2.24, 2.45) is 0 Å². The summed E-state index contributed by atoms with van der Waals surface area (Å²) < 4.78 is 22.8. The number of thiazole rings is 1. The summed E-state index contributed by atoms with van der Waals surface area (Å²) in [4.78, 5) is 15.2. The van der Waals surface area contributed by atoms with Gasteiger partial charge in [0, 0.05) is 23.4 Å². The third-order valence-electron chi connectivity index (χ3n) is 2.53. The van der Waals surface area contributed by atoms with Gasteiger partial charge >= 0.3 is 0 Å². The number of nitro groups is 1. The number of nitrogens with zero attached hydrogens (tertiary/aromatic N) is 2. The summed E-state index contributed by atoms with van der Waals surface area (Å²) in [6.07, 6.45) is 2.67. The quantitative estimate of drug-likeness (QED) is 0.669. The van der Waals surface area contributed by atoms with Gasteiger partial charge in [-0.25, -0.2) is 8.42 Å². The van der Waals surface area contributed by atoms with Crippen molar-refractivity contribution >= 4 is 32.5 Å². The predicted octanol–water partition coefficient (Wildman–Crippen LogP) is 2.07. The van der Waals surface area contributed by atoms with Crippen molar-refractivity contribution in [3.05, 3.63) is 44.9 Å². The summed E-state index contributed by atoms with van der Waals surface area (Å²) in [5.74, 6) is 0. The molecule has 0 unspecified atom stereocenters. The second kappa shape index (κ2) is 5.55. The average molecular weight is 313 g/mol. The van der Waals surface area contributed by atoms with Crippen LogP contribution in [0.25, 0.3) is 0 Å². The minimum absolute atomic E-state index is 0.0764. The van der Waals surface area contributed by atoms with E-state index in [1.54, 1.807) is 11.7 Å². The van der Waals surface area contributed by atoms with Gasteiger partial charge in [-0.2, -0.15) is 0 Å². The van der Waals surface area contributed by atoms with Crippen LogP contribution in [-0.2, 0) is 16.4 Å². The maximum atomic E-state index is 11.4. The number of sulfone groups is 1. The molecule has 9 heteroatoms. The van der Waals surface area contributed by atoms with Crippen molar-refractivity contribution in [3.8, 4) is 0 Å². The molecule has 7 nitrogen and oxygen atoms in total. The molecule has 2 rings (SSSR count). The van der Waals surface area contributed by atoms with E-state index in [0.717, 1.165) is 17.2 Å². The molecule has 2 aromatic rings. The summed E-state index contributed by atoms with van der Waals surface area (Å²) in [6.45, 7) is 0.393. The van der Waals surface area contributed by atoms with Crippen molar-refractivity contribution in [2.45, 2.75) is 11.4 Å². The minimum atomic E-state index is -3.47. The fourth-order valence-corrected chi connectivity index (χ4v) is 2.73. The van der Waals surface area contributed by atoms with Crippen LogP contribution in [0.15, 0.2) is 34.8 Å². The third-order valence-corrected chi connectivity index (χ3v) is 4.42. The van der Waals surface area contributed by atoms with E-state index in [1.165, 1.54) is 23.5 Å². The molecule has 0 aliphatic heterocycles. The Balaban J connectivity index is 2.31. The first-order chi connectivity index (χ1) is 9.38. The Bertz CT molecular complexity index is 726. The lowest BCUT2D eigenvalue weighted by atomic mass is 10.2. The number of nitrogens with one attached hydrogen (secondary N) is 1. The van der Waals surface area contributed by atoms with E-state index in [4.69, 9.17) is 0 Å². The van der Waals surface area contributed by atoms with Crippen LogP contribution in [0.4, 0.5) is 11.4 Å². The number of hydrogen-bond donors (Lipinski definition) is 1. The number of anilines is 1. The average Bonchev–Trinajstić information content (AvgIpc) is 2.88. The van der Waals surface area contributed by atoms with Crippen LogP contribution in [0.5, 0.6) is 0 Å². The second-order valence-electron chi connectivity index (χ2n) is 4.03. The van der Waals surface area contributed by atoms with Crippen LogP contribution in [0.1, 0.15) is 4.88 Å². The van der Waals surface area contributed by atoms with Crippen LogP contribution in [0.3, 0.4) is 0 Å². The minimum Gasteiger partial charge on any atom is -0.375 e. The lowest BCUT2D eigenvalue weighted by molar-refractivity contribution is -0.384. The Labute approximate surface area is 119 Å². The van der Waals surface area contributed by atoms with Gasteiger partial charge in [0.15, 0.2) is 9.84 Å². The van der Waals surface area contributed by atoms with Crippen molar-refractivity contribution in [1.29, 1.82) is 0 Å². The molecule has 0 bridgehead atoms. The SMILES string of the molecule is CS(=O)(=O)c1ccc(NCc2cncs2)c([N+](=O)[O-])c1. The number of hydrogen-bond acceptors (Lipinski definition) is 7. The fourth-order valence-electron chi connectivity index (χ4n) is 1.55. The number of aromatic nitrogens is 1. The van der Waals surface area contributed by atoms with Gasteiger partial charge in [-0.1, -0.05) is 0 Å². The highest BCUT2D eigenvalue weighted by Gasteiger charge is 2.18. The third kappa shape index (κ3) is 3.31. The highest BCUT2D eigenvalue weighted by atomic mass is 32.2. The summed E-state index contributed by atoms with van der Waals surface area (Å²) in [5.41, 5.74) is 1.67. The van der Waals surface area contributed by atoms with Crippen molar-refractivity contribution in [3.63, 3.8) is 0 Å². The summed E-state index contributed by atoms with van der Waals surface area (Å²) in [6, 6.07) is 3.80. The monoisotopic (exact) mass is 313 g/mol. The molecular formula is C11H11N3O4S2. The Hall–Kier alpha value is -2.00. The molecular weight excluding hydrogens is 302 g/mol. The number of rotatable bonds is 5. The van der Waals surface area contributed by atoms with E-state index in [-0.39, 0.29) is 16.3 Å². The molecule has 1 N–H and O–H groups in total. The maximum absolute atomic E-state index is 11.4. The number of nitro benzene ring substituents is 1. The Morgan fingerprint density at radius 3 is 2.75 bits per heavy atom. The van der Waals surface area contributed by atoms with Gasteiger partial charge in [0.1, 0.15) is 5.69 Å². The van der Waals surface area contributed by atoms with Crippen molar-refractivity contribution in [2.75, 3.05) is 11.6 Å². The van der Waals surface area contributed by atoms with Crippen LogP contribution in [0.2, 0.25) is 0 Å². The molecule has 0 saturated carbocycles. The first-order valence-corrected chi connectivity index (χ1v) is 8.25. The van der Waals surface area contributed by atoms with E-state index in [2.05, 4.69) is 10.3 Å². The van der Waals surface area contributed by atoms with E-state index >= 15 is 0 Å². The van der Waals surface area contributed by atoms with Gasteiger partial charge in [-0.05, 0) is 12.1 Å². The first kappa shape index (κ1) is 14.4. The molecule has 1 heterocycles. The van der Waals surface area contributed by atoms with Crippen molar-refractivity contribution < 1.29 is 13.3 Å². The smallest absolute Gasteiger partial charge is 0.293 e. The van der Waals surface area contributed by atoms with Crippen LogP contribution in [0, 0.1) is 10.1 Å². The highest BCUT2D eigenvalue weighted by molar-refractivity contribution is 7.90. The van der Waals surface area contributed by atoms with E-state index in [1.807, 2.05) is 0 Å². The maximum Gasteiger partial charge on any atom is 0.293 e. The zero-order valence-corrected chi connectivity index (χ0v) is 12.1. The summed E-state index contributed by atoms with van der Waals surface area (Å²) in [5, 5.41) is 13.9. The van der Waals surface area contributed by atoms with Gasteiger partial charge in [0.05, 0.1) is 21.9 Å². The van der Waals surface area contributed by atoms with Crippen LogP contribution in [-0.4, -0.2) is 24.6 Å². The largest absolute Gasteiger partial charge is 0.375 e. The molecule has 1 aromatic carbocycles. The molecule has 0 saturated heterocycles. The molecule has 0 atom stereocenters. The predicted molar refractivity (Wildman–Crippen MR) is 75.6 cm³/mol. The van der Waals surface area contributed by atoms with E-state index < -0.39 is 14.8 Å². The standard InChI is InChI=1S/C11H11N3O4S2/c1-20(17,18)9-2-3-10(11(4-9)14(15)16)13-6-8-5-12-7-19-8/h2-5,7,13H,6H2,1H3. The summed E-state index contributed by atoms with van der Waals surface area (Å²) >= 11 is 1.42. The normalized spacial score (nSPS) is 11.2. The second-order valence-corrected chi connectivity index (χ2v) is 7.02. The lowest BCUT2D eigenvalue weighted by Crippen LogP contribution is -2.04. The molecule has 0 amide bonds. The molecule has 0 aliphatic carbocycles. The Morgan fingerprint density at radius 2 is 2.20 bits per heavy atom. The van der Waals surface area contributed by atoms with E-state index in [9.17, 15) is 18.5 Å². The molecule has 0 radical (unpaired) electrons. The summed E-state index contributed by atoms with van der Waals surface area (Å²) in [7, 11) is -3.47. The number of benzene rings is 1. The van der Waals surface area contributed by atoms with Gasteiger partial charge in [0.25, 0.3) is 5.69 Å². The Kier molecular flexibility index (Phi) is 4.00. The highest BCUT2D eigenvalue weighted by Crippen LogP contribution is 2.28. The molecule has 0 aliphatic rings. The Morgan fingerprint density at radius 1 is 1.45 bits per heavy atom. The topological polar surface area (TPSA) is 102 Å². The molecule has 20 heavy (non-hydrogen) atoms. The van der Waals surface area contributed by atoms with Crippen LogP contribution >= 0.6 is 11.3 Å². The van der Waals surface area contributed by atoms with Gasteiger partial charge in [-0.3, -0.25) is 15.1 Å². The van der Waals surface area contributed by atoms with E-state index in [0.29, 0.717) is 6.54 Å². The first-order valence-electron chi connectivity index (χ1n) is 5.47. The van der Waals surface area contributed by atoms with Gasteiger partial charge in [-0.15, -0.1) is 11.3 Å². The molecule has 1 aromatic heterocycles. The molecule has 0 fully saturated rings. The van der Waals surface area contributed by atoms with Gasteiger partial charge in [0.2, 0.25) is 0 Å².